The lowest BCUT2D eigenvalue weighted by Crippen LogP contribution is -2.59. The largest absolute Gasteiger partial charge is 0.329 e. The molecule has 0 spiro atoms. The predicted molar refractivity (Wildman–Crippen MR) is 70.9 cm³/mol. The van der Waals surface area contributed by atoms with Gasteiger partial charge in [-0.1, -0.05) is 61.6 Å². The first-order chi connectivity index (χ1) is 7.00. The molecule has 2 N–H and O–H groups in total. The van der Waals surface area contributed by atoms with Crippen molar-refractivity contribution in [2.75, 3.05) is 0 Å². The van der Waals surface area contributed by atoms with Gasteiger partial charge in [0.2, 0.25) is 0 Å². The average molecular weight is 219 g/mol. The number of rotatable bonds is 4. The van der Waals surface area contributed by atoms with Gasteiger partial charge in [0.05, 0.1) is 8.07 Å². The van der Waals surface area contributed by atoms with Crippen LogP contribution in [0.15, 0.2) is 43.0 Å². The average Bonchev–Trinajstić information content (AvgIpc) is 2.28. The van der Waals surface area contributed by atoms with E-state index in [0.717, 1.165) is 0 Å². The summed E-state index contributed by atoms with van der Waals surface area (Å²) in [4.78, 5) is 0. The van der Waals surface area contributed by atoms with Crippen LogP contribution in [0, 0.1) is 5.92 Å². The van der Waals surface area contributed by atoms with Crippen LogP contribution in [0.25, 0.3) is 0 Å². The molecule has 0 heterocycles. The molecule has 0 aliphatic rings. The van der Waals surface area contributed by atoms with Gasteiger partial charge < -0.3 is 5.73 Å². The van der Waals surface area contributed by atoms with Gasteiger partial charge >= 0.3 is 0 Å². The highest BCUT2D eigenvalue weighted by Gasteiger charge is 2.33. The van der Waals surface area contributed by atoms with E-state index in [1.54, 1.807) is 0 Å². The second-order valence-corrected chi connectivity index (χ2v) is 9.40. The molecule has 1 nitrogen and oxygen atoms in total. The van der Waals surface area contributed by atoms with Crippen LogP contribution < -0.4 is 10.9 Å². The van der Waals surface area contributed by atoms with Gasteiger partial charge in [0.25, 0.3) is 0 Å². The fourth-order valence-corrected chi connectivity index (χ4v) is 4.75. The molecule has 0 radical (unpaired) electrons. The molecule has 0 bridgehead atoms. The van der Waals surface area contributed by atoms with Crippen LogP contribution >= 0.6 is 0 Å². The topological polar surface area (TPSA) is 26.0 Å². The Hall–Kier alpha value is -0.863. The van der Waals surface area contributed by atoms with Crippen molar-refractivity contribution in [3.05, 3.63) is 43.0 Å². The van der Waals surface area contributed by atoms with E-state index in [1.807, 2.05) is 6.08 Å². The summed E-state index contributed by atoms with van der Waals surface area (Å²) in [6, 6.07) is 10.6. The lowest BCUT2D eigenvalue weighted by Gasteiger charge is -2.33. The summed E-state index contributed by atoms with van der Waals surface area (Å²) in [6.45, 7) is 10.6. The molecular formula is C13H21NSi. The second-order valence-electron chi connectivity index (χ2n) is 4.71. The summed E-state index contributed by atoms with van der Waals surface area (Å²) >= 11 is 0. The molecule has 0 unspecified atom stereocenters. The third-order valence-electron chi connectivity index (χ3n) is 3.29. The van der Waals surface area contributed by atoms with Crippen molar-refractivity contribution in [2.45, 2.75) is 25.7 Å². The van der Waals surface area contributed by atoms with Gasteiger partial charge in [0.1, 0.15) is 0 Å². The molecule has 0 aliphatic carbocycles. The molecule has 0 aliphatic heterocycles. The summed E-state index contributed by atoms with van der Waals surface area (Å²) in [6.07, 6.45) is 1.96. The number of nitrogens with two attached hydrogens (primary N) is 1. The van der Waals surface area contributed by atoms with E-state index < -0.39 is 8.07 Å². The maximum absolute atomic E-state index is 6.33. The molecule has 82 valence electrons. The van der Waals surface area contributed by atoms with Crippen molar-refractivity contribution in [2.24, 2.45) is 11.7 Å². The molecule has 0 saturated carbocycles. The summed E-state index contributed by atoms with van der Waals surface area (Å²) in [5.41, 5.74) is 6.56. The third-order valence-corrected chi connectivity index (χ3v) is 7.30. The maximum atomic E-state index is 6.33. The first-order valence-corrected chi connectivity index (χ1v) is 8.51. The Kier molecular flexibility index (Phi) is 3.88. The first kappa shape index (κ1) is 12.2. The van der Waals surface area contributed by atoms with Crippen LogP contribution in [0.2, 0.25) is 13.1 Å². The lowest BCUT2D eigenvalue weighted by molar-refractivity contribution is 0.665. The van der Waals surface area contributed by atoms with E-state index in [0.29, 0.717) is 5.92 Å². The van der Waals surface area contributed by atoms with E-state index in [-0.39, 0.29) is 5.67 Å². The fraction of sp³-hybridized carbons (Fsp3) is 0.385. The van der Waals surface area contributed by atoms with Crippen molar-refractivity contribution >= 4 is 13.3 Å². The van der Waals surface area contributed by atoms with Gasteiger partial charge in [0.15, 0.2) is 0 Å². The molecule has 1 rings (SSSR count). The van der Waals surface area contributed by atoms with Crippen LogP contribution in [0.1, 0.15) is 6.92 Å². The van der Waals surface area contributed by atoms with E-state index in [1.165, 1.54) is 5.19 Å². The van der Waals surface area contributed by atoms with Gasteiger partial charge in [-0.2, -0.15) is 0 Å². The minimum absolute atomic E-state index is 0.234. The highest BCUT2D eigenvalue weighted by Crippen LogP contribution is 2.15. The number of benzene rings is 1. The van der Waals surface area contributed by atoms with Crippen LogP contribution in [0.5, 0.6) is 0 Å². The highest BCUT2D eigenvalue weighted by atomic mass is 28.3. The van der Waals surface area contributed by atoms with Crippen molar-refractivity contribution in [3.63, 3.8) is 0 Å². The zero-order valence-electron chi connectivity index (χ0n) is 9.90. The monoisotopic (exact) mass is 219 g/mol. The summed E-state index contributed by atoms with van der Waals surface area (Å²) < 4.78 is 0. The van der Waals surface area contributed by atoms with Crippen LogP contribution in [0.4, 0.5) is 0 Å². The van der Waals surface area contributed by atoms with Crippen molar-refractivity contribution in [1.29, 1.82) is 0 Å². The zero-order valence-corrected chi connectivity index (χ0v) is 10.9. The Labute approximate surface area is 94.0 Å². The summed E-state index contributed by atoms with van der Waals surface area (Å²) in [5, 5.41) is 1.42. The minimum Gasteiger partial charge on any atom is -0.329 e. The molecule has 15 heavy (non-hydrogen) atoms. The van der Waals surface area contributed by atoms with Crippen LogP contribution in [-0.2, 0) is 0 Å². The highest BCUT2D eigenvalue weighted by molar-refractivity contribution is 6.91. The second kappa shape index (κ2) is 4.77. The Bertz CT molecular complexity index is 319. The predicted octanol–water partition coefficient (Wildman–Crippen LogP) is 2.29. The van der Waals surface area contributed by atoms with Crippen LogP contribution in [-0.4, -0.2) is 13.7 Å². The molecule has 2 heteroatoms. The standard InChI is InChI=1S/C13H21NSi/c1-5-11(2)13(14)15(3,4)12-9-7-6-8-10-12/h5-11,13H,1,14H2,2-4H3/t11-,13+/m0/s1. The van der Waals surface area contributed by atoms with E-state index in [2.05, 4.69) is 56.9 Å². The fourth-order valence-electron chi connectivity index (χ4n) is 1.86. The Balaban J connectivity index is 2.97. The van der Waals surface area contributed by atoms with Gasteiger partial charge in [0, 0.05) is 5.67 Å². The zero-order chi connectivity index (χ0) is 11.5. The molecular weight excluding hydrogens is 198 g/mol. The SMILES string of the molecule is C=C[C@H](C)[C@H](N)[Si](C)(C)c1ccccc1. The van der Waals surface area contributed by atoms with Gasteiger partial charge in [-0.25, -0.2) is 0 Å². The Morgan fingerprint density at radius 2 is 1.80 bits per heavy atom. The summed E-state index contributed by atoms with van der Waals surface area (Å²) in [5.74, 6) is 0.381. The van der Waals surface area contributed by atoms with E-state index in [4.69, 9.17) is 5.73 Å². The van der Waals surface area contributed by atoms with Crippen molar-refractivity contribution in [3.8, 4) is 0 Å². The number of hydrogen-bond donors (Lipinski definition) is 1. The van der Waals surface area contributed by atoms with Crippen molar-refractivity contribution < 1.29 is 0 Å². The third kappa shape index (κ3) is 2.58. The molecule has 0 amide bonds. The van der Waals surface area contributed by atoms with Gasteiger partial charge in [-0.15, -0.1) is 6.58 Å². The Morgan fingerprint density at radius 3 is 2.27 bits per heavy atom. The van der Waals surface area contributed by atoms with E-state index >= 15 is 0 Å². The smallest absolute Gasteiger partial charge is 0.0988 e. The molecule has 0 saturated heterocycles. The molecule has 1 aromatic rings. The minimum atomic E-state index is -1.56. The maximum Gasteiger partial charge on any atom is 0.0988 e. The molecule has 2 atom stereocenters. The van der Waals surface area contributed by atoms with Gasteiger partial charge in [-0.3, -0.25) is 0 Å². The Morgan fingerprint density at radius 1 is 1.27 bits per heavy atom. The normalized spacial score (nSPS) is 15.7. The number of hydrogen-bond acceptors (Lipinski definition) is 1. The van der Waals surface area contributed by atoms with Crippen molar-refractivity contribution in [1.82, 2.24) is 0 Å². The molecule has 1 aromatic carbocycles. The van der Waals surface area contributed by atoms with Crippen LogP contribution in [0.3, 0.4) is 0 Å². The van der Waals surface area contributed by atoms with Gasteiger partial charge in [-0.05, 0) is 5.92 Å². The summed E-state index contributed by atoms with van der Waals surface area (Å²) in [7, 11) is -1.56. The lowest BCUT2D eigenvalue weighted by atomic mass is 10.2. The molecule has 0 aromatic heterocycles. The van der Waals surface area contributed by atoms with E-state index in [9.17, 15) is 0 Å². The molecule has 0 fully saturated rings. The first-order valence-electron chi connectivity index (χ1n) is 5.43. The quantitative estimate of drug-likeness (QED) is 0.610.